The summed E-state index contributed by atoms with van der Waals surface area (Å²) in [5.41, 5.74) is 10.7. The molecule has 0 aliphatic heterocycles. The first-order valence-corrected chi connectivity index (χ1v) is 7.05. The molecule has 1 aromatic rings. The Morgan fingerprint density at radius 2 is 1.84 bits per heavy atom. The Morgan fingerprint density at radius 3 is 2.42 bits per heavy atom. The standard InChI is InChI=1S/C13H19N3O2S/c1-13(2,14)9-19-8-11(17)15-16-12(18)10-6-4-3-5-7-10/h3-7H,8-9,14H2,1-2H3,(H,15,17)(H,16,18). The molecule has 0 saturated heterocycles. The van der Waals surface area contributed by atoms with E-state index in [9.17, 15) is 9.59 Å². The van der Waals surface area contributed by atoms with E-state index in [1.165, 1.54) is 11.8 Å². The summed E-state index contributed by atoms with van der Waals surface area (Å²) in [6, 6.07) is 8.69. The molecule has 0 atom stereocenters. The van der Waals surface area contributed by atoms with Crippen LogP contribution in [0.3, 0.4) is 0 Å². The largest absolute Gasteiger partial charge is 0.325 e. The molecule has 5 nitrogen and oxygen atoms in total. The molecular weight excluding hydrogens is 262 g/mol. The molecule has 0 aliphatic rings. The summed E-state index contributed by atoms with van der Waals surface area (Å²) < 4.78 is 0. The topological polar surface area (TPSA) is 84.2 Å². The molecule has 104 valence electrons. The Kier molecular flexibility index (Phi) is 5.85. The lowest BCUT2D eigenvalue weighted by Crippen LogP contribution is -2.43. The van der Waals surface area contributed by atoms with Gasteiger partial charge in [0.05, 0.1) is 5.75 Å². The van der Waals surface area contributed by atoms with Crippen molar-refractivity contribution in [1.29, 1.82) is 0 Å². The van der Waals surface area contributed by atoms with Crippen molar-refractivity contribution in [3.05, 3.63) is 35.9 Å². The van der Waals surface area contributed by atoms with Crippen molar-refractivity contribution in [3.8, 4) is 0 Å². The van der Waals surface area contributed by atoms with Gasteiger partial charge in [0, 0.05) is 16.9 Å². The molecule has 19 heavy (non-hydrogen) atoms. The molecule has 0 unspecified atom stereocenters. The van der Waals surface area contributed by atoms with Crippen molar-refractivity contribution < 1.29 is 9.59 Å². The highest BCUT2D eigenvalue weighted by atomic mass is 32.2. The average Bonchev–Trinajstić information content (AvgIpc) is 2.35. The van der Waals surface area contributed by atoms with E-state index in [2.05, 4.69) is 10.9 Å². The molecule has 0 aliphatic carbocycles. The molecular formula is C13H19N3O2S. The van der Waals surface area contributed by atoms with Crippen LogP contribution in [0.25, 0.3) is 0 Å². The van der Waals surface area contributed by atoms with Crippen LogP contribution in [0.15, 0.2) is 30.3 Å². The first-order valence-electron chi connectivity index (χ1n) is 5.89. The van der Waals surface area contributed by atoms with Crippen LogP contribution in [-0.4, -0.2) is 28.9 Å². The zero-order valence-corrected chi connectivity index (χ0v) is 11.9. The second-order valence-corrected chi connectivity index (χ2v) is 5.84. The van der Waals surface area contributed by atoms with Gasteiger partial charge in [-0.25, -0.2) is 0 Å². The summed E-state index contributed by atoms with van der Waals surface area (Å²) in [4.78, 5) is 23.1. The highest BCUT2D eigenvalue weighted by Crippen LogP contribution is 2.08. The second-order valence-electron chi connectivity index (χ2n) is 4.85. The quantitative estimate of drug-likeness (QED) is 0.701. The first kappa shape index (κ1) is 15.5. The Morgan fingerprint density at radius 1 is 1.21 bits per heavy atom. The van der Waals surface area contributed by atoms with Crippen molar-refractivity contribution in [1.82, 2.24) is 10.9 Å². The van der Waals surface area contributed by atoms with Crippen LogP contribution in [0.5, 0.6) is 0 Å². The van der Waals surface area contributed by atoms with Gasteiger partial charge in [-0.1, -0.05) is 18.2 Å². The minimum absolute atomic E-state index is 0.251. The van der Waals surface area contributed by atoms with Crippen molar-refractivity contribution in [2.24, 2.45) is 5.73 Å². The molecule has 2 amide bonds. The van der Waals surface area contributed by atoms with Gasteiger partial charge in [-0.15, -0.1) is 0 Å². The lowest BCUT2D eigenvalue weighted by Gasteiger charge is -2.17. The van der Waals surface area contributed by atoms with E-state index in [0.29, 0.717) is 11.3 Å². The number of benzene rings is 1. The number of nitrogens with one attached hydrogen (secondary N) is 2. The third-order valence-corrected chi connectivity index (χ3v) is 3.47. The number of hydrogen-bond acceptors (Lipinski definition) is 4. The van der Waals surface area contributed by atoms with Crippen molar-refractivity contribution in [2.45, 2.75) is 19.4 Å². The van der Waals surface area contributed by atoms with Crippen LogP contribution in [0.2, 0.25) is 0 Å². The minimum Gasteiger partial charge on any atom is -0.325 e. The number of nitrogens with two attached hydrogens (primary N) is 1. The summed E-state index contributed by atoms with van der Waals surface area (Å²) in [5.74, 6) is 0.347. The number of carbonyl (C=O) groups is 2. The van der Waals surface area contributed by atoms with Gasteiger partial charge in [-0.3, -0.25) is 20.4 Å². The number of hydrazine groups is 1. The van der Waals surface area contributed by atoms with Crippen molar-refractivity contribution in [2.75, 3.05) is 11.5 Å². The van der Waals surface area contributed by atoms with Crippen molar-refractivity contribution >= 4 is 23.6 Å². The van der Waals surface area contributed by atoms with Crippen molar-refractivity contribution in [3.63, 3.8) is 0 Å². The zero-order valence-electron chi connectivity index (χ0n) is 11.1. The lowest BCUT2D eigenvalue weighted by molar-refractivity contribution is -0.119. The molecule has 0 bridgehead atoms. The van der Waals surface area contributed by atoms with Crippen LogP contribution < -0.4 is 16.6 Å². The van der Waals surface area contributed by atoms with Crippen LogP contribution in [0.4, 0.5) is 0 Å². The lowest BCUT2D eigenvalue weighted by atomic mass is 10.1. The smallest absolute Gasteiger partial charge is 0.269 e. The fourth-order valence-electron chi connectivity index (χ4n) is 1.23. The van der Waals surface area contributed by atoms with Gasteiger partial charge in [-0.05, 0) is 26.0 Å². The Hall–Kier alpha value is -1.53. The third-order valence-electron chi connectivity index (χ3n) is 2.06. The van der Waals surface area contributed by atoms with Gasteiger partial charge in [0.1, 0.15) is 0 Å². The maximum absolute atomic E-state index is 11.6. The number of rotatable bonds is 5. The van der Waals surface area contributed by atoms with Crippen LogP contribution >= 0.6 is 11.8 Å². The molecule has 0 saturated carbocycles. The molecule has 0 heterocycles. The van der Waals surface area contributed by atoms with E-state index in [1.54, 1.807) is 24.3 Å². The molecule has 6 heteroatoms. The third kappa shape index (κ3) is 6.83. The number of thioether (sulfide) groups is 1. The second kappa shape index (κ2) is 7.16. The fourth-order valence-corrected chi connectivity index (χ4v) is 2.12. The zero-order chi connectivity index (χ0) is 14.3. The number of carbonyl (C=O) groups excluding carboxylic acids is 2. The number of amides is 2. The van der Waals surface area contributed by atoms with Crippen LogP contribution in [0, 0.1) is 0 Å². The highest BCUT2D eigenvalue weighted by Gasteiger charge is 2.12. The van der Waals surface area contributed by atoms with E-state index < -0.39 is 0 Å². The van der Waals surface area contributed by atoms with Gasteiger partial charge >= 0.3 is 0 Å². The molecule has 1 aromatic carbocycles. The van der Waals surface area contributed by atoms with E-state index in [0.717, 1.165) is 0 Å². The number of hydrogen-bond donors (Lipinski definition) is 3. The van der Waals surface area contributed by atoms with Gasteiger partial charge in [0.25, 0.3) is 5.91 Å². The summed E-state index contributed by atoms with van der Waals surface area (Å²) >= 11 is 1.43. The van der Waals surface area contributed by atoms with E-state index in [1.807, 2.05) is 19.9 Å². The predicted molar refractivity (Wildman–Crippen MR) is 77.6 cm³/mol. The highest BCUT2D eigenvalue weighted by molar-refractivity contribution is 8.00. The average molecular weight is 281 g/mol. The van der Waals surface area contributed by atoms with Gasteiger partial charge in [0.15, 0.2) is 0 Å². The Balaban J connectivity index is 2.25. The monoisotopic (exact) mass is 281 g/mol. The first-order chi connectivity index (χ1) is 8.88. The van der Waals surface area contributed by atoms with E-state index >= 15 is 0 Å². The molecule has 0 fully saturated rings. The SMILES string of the molecule is CC(C)(N)CSCC(=O)NNC(=O)c1ccccc1. The summed E-state index contributed by atoms with van der Waals surface area (Å²) in [6.07, 6.45) is 0. The fraction of sp³-hybridized carbons (Fsp3) is 0.385. The van der Waals surface area contributed by atoms with Gasteiger partial charge < -0.3 is 5.73 Å². The van der Waals surface area contributed by atoms with Gasteiger partial charge in [-0.2, -0.15) is 11.8 Å². The summed E-state index contributed by atoms with van der Waals surface area (Å²) in [7, 11) is 0. The van der Waals surface area contributed by atoms with Crippen LogP contribution in [0.1, 0.15) is 24.2 Å². The molecule has 1 rings (SSSR count). The van der Waals surface area contributed by atoms with E-state index in [-0.39, 0.29) is 23.1 Å². The minimum atomic E-state index is -0.335. The Bertz CT molecular complexity index is 429. The maximum atomic E-state index is 11.6. The normalized spacial score (nSPS) is 10.9. The van der Waals surface area contributed by atoms with Crippen LogP contribution in [-0.2, 0) is 4.79 Å². The Labute approximate surface area is 117 Å². The molecule has 0 radical (unpaired) electrons. The summed E-state index contributed by atoms with van der Waals surface area (Å²) in [5, 5.41) is 0. The maximum Gasteiger partial charge on any atom is 0.269 e. The van der Waals surface area contributed by atoms with E-state index in [4.69, 9.17) is 5.73 Å². The predicted octanol–water partition coefficient (Wildman–Crippen LogP) is 0.918. The molecule has 0 aromatic heterocycles. The molecule has 4 N–H and O–H groups in total. The molecule has 0 spiro atoms. The van der Waals surface area contributed by atoms with Gasteiger partial charge in [0.2, 0.25) is 5.91 Å². The summed E-state index contributed by atoms with van der Waals surface area (Å²) in [6.45, 7) is 3.80.